The predicted molar refractivity (Wildman–Crippen MR) is 137 cm³/mol. The minimum atomic E-state index is -0.987. The molecule has 1 unspecified atom stereocenters. The first-order valence-corrected chi connectivity index (χ1v) is 12.5. The normalized spacial score (nSPS) is 15.9. The van der Waals surface area contributed by atoms with Crippen LogP contribution in [0, 0.1) is 5.92 Å². The Labute approximate surface area is 215 Å². The van der Waals surface area contributed by atoms with Crippen molar-refractivity contribution >= 4 is 35.1 Å². The van der Waals surface area contributed by atoms with Gasteiger partial charge in [0.2, 0.25) is 5.91 Å². The summed E-state index contributed by atoms with van der Waals surface area (Å²) in [6.45, 7) is 2.88. The van der Waals surface area contributed by atoms with E-state index in [9.17, 15) is 19.5 Å². The van der Waals surface area contributed by atoms with Crippen molar-refractivity contribution in [1.29, 1.82) is 0 Å². The quantitative estimate of drug-likeness (QED) is 0.267. The summed E-state index contributed by atoms with van der Waals surface area (Å²) in [6, 6.07) is 13.5. The van der Waals surface area contributed by atoms with Gasteiger partial charge >= 0.3 is 5.97 Å². The largest absolute Gasteiger partial charge is 0.478 e. The number of hydrogen-bond acceptors (Lipinski definition) is 6. The average molecular weight is 514 g/mol. The Kier molecular flexibility index (Phi) is 10.0. The Balaban J connectivity index is 1.77. The molecule has 1 amide bonds. The van der Waals surface area contributed by atoms with Crippen molar-refractivity contribution in [3.63, 3.8) is 0 Å². The van der Waals surface area contributed by atoms with Crippen molar-refractivity contribution in [2.45, 2.75) is 58.0 Å². The lowest BCUT2D eigenvalue weighted by Gasteiger charge is -2.28. The van der Waals surface area contributed by atoms with Gasteiger partial charge in [0, 0.05) is 30.8 Å². The summed E-state index contributed by atoms with van der Waals surface area (Å²) >= 11 is 6.11. The number of amides is 1. The molecule has 2 aromatic rings. The number of hydrogen-bond donors (Lipinski definition) is 3. The van der Waals surface area contributed by atoms with Crippen LogP contribution >= 0.6 is 11.6 Å². The number of carboxylic acid groups (broad SMARTS) is 1. The molecule has 36 heavy (non-hydrogen) atoms. The fourth-order valence-electron chi connectivity index (χ4n) is 4.49. The van der Waals surface area contributed by atoms with Crippen LogP contribution < -0.4 is 5.48 Å². The second kappa shape index (κ2) is 13.2. The van der Waals surface area contributed by atoms with Crippen molar-refractivity contribution < 1.29 is 24.7 Å². The number of carboxylic acids is 1. The smallest absolute Gasteiger partial charge is 0.335 e. The highest BCUT2D eigenvalue weighted by molar-refractivity contribution is 6.30. The molecule has 192 valence electrons. The number of amidine groups is 1. The Morgan fingerprint density at radius 2 is 1.89 bits per heavy atom. The monoisotopic (exact) mass is 513 g/mol. The summed E-state index contributed by atoms with van der Waals surface area (Å²) in [5.74, 6) is -1.00. The van der Waals surface area contributed by atoms with E-state index in [1.807, 2.05) is 23.1 Å². The zero-order valence-electron chi connectivity index (χ0n) is 20.3. The van der Waals surface area contributed by atoms with Gasteiger partial charge in [-0.3, -0.25) is 19.8 Å². The number of aromatic carboxylic acids is 1. The second-order valence-corrected chi connectivity index (χ2v) is 9.55. The number of unbranched alkanes of at least 4 members (excludes halogenated alkanes) is 1. The molecule has 0 fully saturated rings. The Morgan fingerprint density at radius 3 is 2.53 bits per heavy atom. The lowest BCUT2D eigenvalue weighted by molar-refractivity contribution is -0.130. The number of Topliss-reactive ketones (excluding diaryl/α,β-unsaturated/α-hetero) is 1. The van der Waals surface area contributed by atoms with Gasteiger partial charge in [0.25, 0.3) is 0 Å². The summed E-state index contributed by atoms with van der Waals surface area (Å²) in [5.41, 5.74) is 3.67. The second-order valence-electron chi connectivity index (χ2n) is 9.12. The maximum Gasteiger partial charge on any atom is 0.335 e. The summed E-state index contributed by atoms with van der Waals surface area (Å²) in [5, 5.41) is 18.8. The van der Waals surface area contributed by atoms with Gasteiger partial charge in [-0.25, -0.2) is 10.3 Å². The standard InChI is InChI=1S/C27H32ClN3O5/c1-2-3-7-25-29-16-23(31(25)17-18-8-10-21(11-9-18)27(34)35)24(32)14-20(15-26(33)30-36)12-19-5-4-6-22(28)13-19/h4-6,8-11,13,20,23,36H,2-3,7,12,14-17H2,1H3,(H,30,33)(H,34,35)/t20-,23?/m0/s1. The first-order chi connectivity index (χ1) is 17.3. The molecule has 0 aromatic heterocycles. The summed E-state index contributed by atoms with van der Waals surface area (Å²) in [7, 11) is 0. The molecule has 0 saturated heterocycles. The minimum Gasteiger partial charge on any atom is -0.478 e. The van der Waals surface area contributed by atoms with Crippen LogP contribution in [0.1, 0.15) is 60.5 Å². The third-order valence-electron chi connectivity index (χ3n) is 6.34. The molecular formula is C27H32ClN3O5. The van der Waals surface area contributed by atoms with Gasteiger partial charge in [-0.1, -0.05) is 49.2 Å². The van der Waals surface area contributed by atoms with Crippen molar-refractivity contribution in [3.05, 3.63) is 70.2 Å². The molecule has 3 N–H and O–H groups in total. The molecule has 1 aliphatic rings. The van der Waals surface area contributed by atoms with Gasteiger partial charge in [0.05, 0.1) is 17.9 Å². The molecule has 1 heterocycles. The van der Waals surface area contributed by atoms with Gasteiger partial charge in [0.1, 0.15) is 6.04 Å². The highest BCUT2D eigenvalue weighted by Gasteiger charge is 2.34. The number of rotatable bonds is 13. The van der Waals surface area contributed by atoms with Crippen LogP contribution in [0.3, 0.4) is 0 Å². The van der Waals surface area contributed by atoms with Crippen molar-refractivity contribution in [2.75, 3.05) is 6.54 Å². The number of carbonyl (C=O) groups is 3. The van der Waals surface area contributed by atoms with E-state index in [0.717, 1.165) is 36.2 Å². The number of nitrogens with zero attached hydrogens (tertiary/aromatic N) is 2. The number of nitrogens with one attached hydrogen (secondary N) is 1. The van der Waals surface area contributed by atoms with E-state index in [4.69, 9.17) is 16.8 Å². The van der Waals surface area contributed by atoms with Crippen molar-refractivity contribution in [3.8, 4) is 0 Å². The van der Waals surface area contributed by atoms with Gasteiger partial charge in [-0.2, -0.15) is 0 Å². The molecular weight excluding hydrogens is 482 g/mol. The molecule has 0 radical (unpaired) electrons. The van der Waals surface area contributed by atoms with Crippen LogP contribution in [0.4, 0.5) is 0 Å². The SMILES string of the molecule is CCCCC1=NCC(C(=O)C[C@@H](CC(=O)NO)Cc2cccc(Cl)c2)N1Cc1ccc(C(=O)O)cc1. The van der Waals surface area contributed by atoms with Crippen LogP contribution in [0.5, 0.6) is 0 Å². The maximum absolute atomic E-state index is 13.5. The van der Waals surface area contributed by atoms with E-state index in [0.29, 0.717) is 24.5 Å². The van der Waals surface area contributed by atoms with Gasteiger partial charge in [0.15, 0.2) is 5.78 Å². The molecule has 8 nitrogen and oxygen atoms in total. The molecule has 1 aliphatic heterocycles. The highest BCUT2D eigenvalue weighted by Crippen LogP contribution is 2.25. The molecule has 3 rings (SSSR count). The van der Waals surface area contributed by atoms with Gasteiger partial charge in [-0.05, 0) is 54.2 Å². The average Bonchev–Trinajstić information content (AvgIpc) is 3.25. The molecule has 0 spiro atoms. The summed E-state index contributed by atoms with van der Waals surface area (Å²) in [4.78, 5) is 43.4. The van der Waals surface area contributed by atoms with Crippen molar-refractivity contribution in [2.24, 2.45) is 10.9 Å². The fraction of sp³-hybridized carbons (Fsp3) is 0.407. The molecule has 9 heteroatoms. The van der Waals surface area contributed by atoms with Crippen LogP contribution in [0.2, 0.25) is 5.02 Å². The lowest BCUT2D eigenvalue weighted by atomic mass is 9.89. The van der Waals surface area contributed by atoms with E-state index >= 15 is 0 Å². The third-order valence-corrected chi connectivity index (χ3v) is 6.57. The maximum atomic E-state index is 13.5. The van der Waals surface area contributed by atoms with Crippen molar-refractivity contribution in [1.82, 2.24) is 10.4 Å². The Hall–Kier alpha value is -3.23. The van der Waals surface area contributed by atoms with E-state index < -0.39 is 17.9 Å². The Morgan fingerprint density at radius 1 is 1.14 bits per heavy atom. The van der Waals surface area contributed by atoms with Crippen LogP contribution in [-0.2, 0) is 22.6 Å². The van der Waals surface area contributed by atoms with Gasteiger partial charge in [-0.15, -0.1) is 0 Å². The third kappa shape index (κ3) is 7.63. The predicted octanol–water partition coefficient (Wildman–Crippen LogP) is 4.52. The first kappa shape index (κ1) is 27.4. The fourth-order valence-corrected chi connectivity index (χ4v) is 4.70. The van der Waals surface area contributed by atoms with E-state index in [2.05, 4.69) is 11.9 Å². The zero-order chi connectivity index (χ0) is 26.1. The minimum absolute atomic E-state index is 0.00166. The number of halogens is 1. The van der Waals surface area contributed by atoms with Crippen LogP contribution in [0.15, 0.2) is 53.5 Å². The molecule has 0 bridgehead atoms. The van der Waals surface area contributed by atoms with E-state index in [1.165, 1.54) is 0 Å². The number of benzene rings is 2. The summed E-state index contributed by atoms with van der Waals surface area (Å²) in [6.07, 6.45) is 3.31. The van der Waals surface area contributed by atoms with E-state index in [1.54, 1.807) is 35.8 Å². The summed E-state index contributed by atoms with van der Waals surface area (Å²) < 4.78 is 0. The number of aliphatic imine (C=N–C) groups is 1. The van der Waals surface area contributed by atoms with Gasteiger partial charge < -0.3 is 10.0 Å². The highest BCUT2D eigenvalue weighted by atomic mass is 35.5. The van der Waals surface area contributed by atoms with Crippen LogP contribution in [-0.4, -0.2) is 51.3 Å². The molecule has 2 atom stereocenters. The molecule has 0 saturated carbocycles. The topological polar surface area (TPSA) is 119 Å². The van der Waals surface area contributed by atoms with E-state index in [-0.39, 0.29) is 30.1 Å². The van der Waals surface area contributed by atoms with Crippen LogP contribution in [0.25, 0.3) is 0 Å². The number of hydroxylamine groups is 1. The zero-order valence-corrected chi connectivity index (χ0v) is 21.1. The lowest BCUT2D eigenvalue weighted by Crippen LogP contribution is -2.42. The Bertz CT molecular complexity index is 1100. The number of ketones is 1. The molecule has 2 aromatic carbocycles. The molecule has 0 aliphatic carbocycles. The number of carbonyl (C=O) groups excluding carboxylic acids is 2. The first-order valence-electron chi connectivity index (χ1n) is 12.1.